The quantitative estimate of drug-likeness (QED) is 0.0576. The zero-order chi connectivity index (χ0) is 63.6. The molecule has 7 N–H and O–H groups in total. The summed E-state index contributed by atoms with van der Waals surface area (Å²) in [5.41, 5.74) is 0. The molecule has 5 saturated heterocycles. The molecule has 0 amide bonds. The Hall–Kier alpha value is -0.640. The molecule has 15 aliphatic rings. The number of nitrogens with zero attached hydrogens (tertiary/aromatic N) is 1. The Labute approximate surface area is 563 Å². The number of unbranched alkanes of at least 4 members (excludes halogenated alkanes) is 4. The van der Waals surface area contributed by atoms with E-state index in [0.29, 0.717) is 47.3 Å². The van der Waals surface area contributed by atoms with Crippen LogP contribution in [0.5, 0.6) is 0 Å². The van der Waals surface area contributed by atoms with E-state index in [1.165, 1.54) is 128 Å². The number of fused-ring (bicyclic) bond motifs is 26. The van der Waals surface area contributed by atoms with E-state index in [1.807, 2.05) is 0 Å². The number of ether oxygens (including phenoxy) is 8. The van der Waals surface area contributed by atoms with Crippen LogP contribution in [-0.2, 0) is 37.9 Å². The third-order valence-electron chi connectivity index (χ3n) is 30.2. The average Bonchev–Trinajstić information content (AvgIpc) is 1.61. The minimum Gasteiger partial charge on any atom is -0.381 e. The van der Waals surface area contributed by atoms with Gasteiger partial charge < -0.3 is 37.9 Å². The standard InChI is InChI=1S/C77H134N8O8/c1-10-14-34-90-66-46-30-22-23-31-47(46)67(91-35-15-11-2)59-58(66)73-80-71-55-54(62(86-6)50-38-42-26-18-19-27-43(42)39-51(50)63(55)87-7)70(78-71)79-72-56-57(65(89-9)53-41-45-29-21-20-28-44(45)40-52(53)64(56)88-8)74(81-72)83-76-60-61(77(85(76)5)84-75(59)82-73)69(93-37-17-13-4)49-33-25-24-32-48(49)68(60)92-36-16-12-3/h42-84H,10-41H2,1-9H3. The molecule has 16 nitrogen and oxygen atoms in total. The van der Waals surface area contributed by atoms with Crippen molar-refractivity contribution in [3.05, 3.63) is 0 Å². The van der Waals surface area contributed by atoms with Crippen molar-refractivity contribution >= 4 is 0 Å². The molecule has 15 rings (SSSR count). The van der Waals surface area contributed by atoms with Crippen molar-refractivity contribution in [2.75, 3.05) is 61.9 Å². The van der Waals surface area contributed by atoms with Gasteiger partial charge in [-0.3, -0.25) is 42.1 Å². The Morgan fingerprint density at radius 1 is 0.280 bits per heavy atom. The maximum atomic E-state index is 7.70. The van der Waals surface area contributed by atoms with Crippen molar-refractivity contribution in [2.24, 2.45) is 118 Å². The molecule has 16 heteroatoms. The van der Waals surface area contributed by atoms with Crippen molar-refractivity contribution in [1.29, 1.82) is 0 Å². The second kappa shape index (κ2) is 30.1. The molecule has 5 heterocycles. The molecule has 0 aromatic heterocycles. The molecule has 36 unspecified atom stereocenters. The topological polar surface area (TPSA) is 161 Å². The lowest BCUT2D eigenvalue weighted by atomic mass is 9.53. The van der Waals surface area contributed by atoms with Gasteiger partial charge in [-0.05, 0) is 155 Å². The summed E-state index contributed by atoms with van der Waals surface area (Å²) in [5, 5.41) is 32.8. The molecule has 0 aromatic rings. The van der Waals surface area contributed by atoms with Crippen molar-refractivity contribution in [3.8, 4) is 0 Å². The van der Waals surface area contributed by atoms with Crippen LogP contribution in [0.4, 0.5) is 0 Å². The summed E-state index contributed by atoms with van der Waals surface area (Å²) in [7, 11) is 10.8. The van der Waals surface area contributed by atoms with Gasteiger partial charge in [-0.2, -0.15) is 0 Å². The Bertz CT molecular complexity index is 2390. The van der Waals surface area contributed by atoms with Gasteiger partial charge in [0.1, 0.15) is 0 Å². The van der Waals surface area contributed by atoms with Gasteiger partial charge in [-0.25, -0.2) is 0 Å². The van der Waals surface area contributed by atoms with Crippen LogP contribution < -0.4 is 37.2 Å². The highest BCUT2D eigenvalue weighted by Gasteiger charge is 2.70. The summed E-state index contributed by atoms with van der Waals surface area (Å²) in [6.45, 7) is 12.6. The first-order chi connectivity index (χ1) is 45.7. The third kappa shape index (κ3) is 12.3. The van der Waals surface area contributed by atoms with E-state index in [0.717, 1.165) is 101 Å². The van der Waals surface area contributed by atoms with Crippen LogP contribution in [0.25, 0.3) is 0 Å². The molecular weight excluding hydrogens is 1160 g/mol. The maximum absolute atomic E-state index is 7.70. The van der Waals surface area contributed by atoms with E-state index in [1.54, 1.807) is 0 Å². The minimum absolute atomic E-state index is 0.0128. The molecule has 36 atom stereocenters. The van der Waals surface area contributed by atoms with E-state index in [2.05, 4.69) is 89.3 Å². The van der Waals surface area contributed by atoms with Gasteiger partial charge in [0, 0.05) is 102 Å². The molecule has 5 aliphatic heterocycles. The van der Waals surface area contributed by atoms with Crippen LogP contribution in [0.15, 0.2) is 0 Å². The summed E-state index contributed by atoms with van der Waals surface area (Å²) in [5.74, 6) is 7.90. The summed E-state index contributed by atoms with van der Waals surface area (Å²) in [6.07, 6.45) is 35.0. The first kappa shape index (κ1) is 68.1. The fourth-order valence-electron chi connectivity index (χ4n) is 26.6. The molecule has 93 heavy (non-hydrogen) atoms. The first-order valence-corrected chi connectivity index (χ1v) is 40.4. The molecule has 8 bridgehead atoms. The van der Waals surface area contributed by atoms with Crippen LogP contribution in [-0.4, -0.2) is 165 Å². The van der Waals surface area contributed by atoms with Crippen LogP contribution in [0, 0.1) is 118 Å². The predicted octanol–water partition coefficient (Wildman–Crippen LogP) is 10.8. The molecule has 10 saturated carbocycles. The average molecular weight is 1300 g/mol. The van der Waals surface area contributed by atoms with E-state index < -0.39 is 0 Å². The zero-order valence-corrected chi connectivity index (χ0v) is 59.6. The van der Waals surface area contributed by atoms with Gasteiger partial charge in [-0.1, -0.05) is 130 Å². The van der Waals surface area contributed by atoms with Crippen LogP contribution in [0.3, 0.4) is 0 Å². The van der Waals surface area contributed by atoms with Crippen molar-refractivity contribution in [3.63, 3.8) is 0 Å². The van der Waals surface area contributed by atoms with Gasteiger partial charge >= 0.3 is 0 Å². The second-order valence-electron chi connectivity index (χ2n) is 34.2. The van der Waals surface area contributed by atoms with Gasteiger partial charge in [0.15, 0.2) is 0 Å². The SMILES string of the molecule is CCCCOC1C2CCCCC2C(OCCCC)C2C3NC(NC4NC(NC5NC(NC6C7C(OCCCC)C8CCCCC8C(OCCCC)C7C(N3)N6C)C3C(OC)C6CC7CCCCC7CC6C(OC)C53)C3C(OC)C5CC6CCCCC6CC5C(OC)C43)C12. The number of hydrogen-bond donors (Lipinski definition) is 7. The van der Waals surface area contributed by atoms with Gasteiger partial charge in [0.25, 0.3) is 0 Å². The molecule has 0 radical (unpaired) electrons. The Balaban J connectivity index is 0.902. The highest BCUT2D eigenvalue weighted by Crippen LogP contribution is 2.61. The number of methoxy groups -OCH3 is 4. The number of rotatable bonds is 20. The third-order valence-corrected chi connectivity index (χ3v) is 30.2. The van der Waals surface area contributed by atoms with Crippen LogP contribution in [0.2, 0.25) is 0 Å². The lowest BCUT2D eigenvalue weighted by Crippen LogP contribution is -2.64. The molecular formula is C77H134N8O8. The molecule has 530 valence electrons. The Kier molecular flexibility index (Phi) is 22.1. The Morgan fingerprint density at radius 2 is 0.505 bits per heavy atom. The maximum Gasteiger partial charge on any atom is 0.0678 e. The Morgan fingerprint density at radius 3 is 0.753 bits per heavy atom. The van der Waals surface area contributed by atoms with Gasteiger partial charge in [0.2, 0.25) is 0 Å². The van der Waals surface area contributed by atoms with Crippen molar-refractivity contribution < 1.29 is 37.9 Å². The largest absolute Gasteiger partial charge is 0.381 e. The van der Waals surface area contributed by atoms with E-state index in [9.17, 15) is 0 Å². The summed E-state index contributed by atoms with van der Waals surface area (Å²) < 4.78 is 59.7. The fraction of sp³-hybridized carbons (Fsp3) is 1.00. The normalized spacial score (nSPS) is 52.2. The lowest BCUT2D eigenvalue weighted by molar-refractivity contribution is -0.181. The summed E-state index contributed by atoms with van der Waals surface area (Å²) in [4.78, 5) is 2.81. The molecule has 0 aromatic carbocycles. The van der Waals surface area contributed by atoms with Gasteiger partial charge in [0.05, 0.1) is 98.2 Å². The van der Waals surface area contributed by atoms with Crippen LogP contribution >= 0.6 is 0 Å². The monoisotopic (exact) mass is 1300 g/mol. The van der Waals surface area contributed by atoms with Crippen molar-refractivity contribution in [2.45, 2.75) is 306 Å². The fourth-order valence-corrected chi connectivity index (χ4v) is 26.6. The minimum atomic E-state index is -0.0703. The van der Waals surface area contributed by atoms with E-state index >= 15 is 0 Å². The lowest BCUT2D eigenvalue weighted by Gasteiger charge is -2.56. The molecule has 0 spiro atoms. The van der Waals surface area contributed by atoms with E-state index in [4.69, 9.17) is 53.8 Å². The second-order valence-corrected chi connectivity index (χ2v) is 34.2. The number of hydrogen-bond acceptors (Lipinski definition) is 16. The summed E-state index contributed by atoms with van der Waals surface area (Å²) >= 11 is 0. The molecule has 10 aliphatic carbocycles. The predicted molar refractivity (Wildman–Crippen MR) is 364 cm³/mol. The highest BCUT2D eigenvalue weighted by atomic mass is 16.5. The van der Waals surface area contributed by atoms with Gasteiger partial charge in [-0.15, -0.1) is 0 Å². The smallest absolute Gasteiger partial charge is 0.0678 e. The number of nitrogens with one attached hydrogen (secondary N) is 7. The van der Waals surface area contributed by atoms with Crippen molar-refractivity contribution in [1.82, 2.24) is 42.1 Å². The first-order valence-electron chi connectivity index (χ1n) is 40.4. The zero-order valence-electron chi connectivity index (χ0n) is 59.6. The molecule has 15 fully saturated rings. The highest BCUT2D eigenvalue weighted by molar-refractivity contribution is 5.20. The summed E-state index contributed by atoms with van der Waals surface area (Å²) in [6, 6.07) is 0. The van der Waals surface area contributed by atoms with Crippen LogP contribution in [0.1, 0.15) is 207 Å². The van der Waals surface area contributed by atoms with E-state index in [-0.39, 0.29) is 146 Å².